The fourth-order valence-corrected chi connectivity index (χ4v) is 2.54. The molecule has 0 bridgehead atoms. The van der Waals surface area contributed by atoms with Gasteiger partial charge in [0.15, 0.2) is 0 Å². The van der Waals surface area contributed by atoms with Crippen LogP contribution in [0.5, 0.6) is 11.5 Å². The number of nitrogens with two attached hydrogens (primary N) is 1. The largest absolute Gasteiger partial charge is 0.494 e. The van der Waals surface area contributed by atoms with Gasteiger partial charge in [0.25, 0.3) is 0 Å². The van der Waals surface area contributed by atoms with Crippen LogP contribution in [-0.4, -0.2) is 19.8 Å². The van der Waals surface area contributed by atoms with E-state index >= 15 is 0 Å². The van der Waals surface area contributed by atoms with Gasteiger partial charge < -0.3 is 15.2 Å². The normalized spacial score (nSPS) is 12.0. The molecular weight excluding hydrogens is 274 g/mol. The molecule has 2 rings (SSSR count). The number of hydrogen-bond acceptors (Lipinski definition) is 3. The maximum atomic E-state index is 5.99. The van der Waals surface area contributed by atoms with Crippen molar-refractivity contribution in [3.8, 4) is 11.5 Å². The van der Waals surface area contributed by atoms with E-state index in [0.29, 0.717) is 25.7 Å². The zero-order valence-electron chi connectivity index (χ0n) is 13.4. The van der Waals surface area contributed by atoms with Crippen LogP contribution in [0, 0.1) is 0 Å². The molecule has 0 aliphatic heterocycles. The molecule has 0 aliphatic rings. The van der Waals surface area contributed by atoms with Gasteiger partial charge in [-0.3, -0.25) is 0 Å². The van der Waals surface area contributed by atoms with E-state index < -0.39 is 0 Å². The summed E-state index contributed by atoms with van der Waals surface area (Å²) in [5.41, 5.74) is 8.48. The highest BCUT2D eigenvalue weighted by atomic mass is 16.5. The Balaban J connectivity index is 2.09. The second-order valence-electron chi connectivity index (χ2n) is 5.22. The number of benzene rings is 2. The molecule has 2 aromatic carbocycles. The van der Waals surface area contributed by atoms with Crippen molar-refractivity contribution < 1.29 is 9.47 Å². The fourth-order valence-electron chi connectivity index (χ4n) is 2.54. The first-order valence-corrected chi connectivity index (χ1v) is 7.91. The van der Waals surface area contributed by atoms with Crippen molar-refractivity contribution in [3.63, 3.8) is 0 Å². The summed E-state index contributed by atoms with van der Waals surface area (Å²) >= 11 is 0. The molecule has 118 valence electrons. The highest BCUT2D eigenvalue weighted by Gasteiger charge is 2.12. The molecule has 1 unspecified atom stereocenters. The van der Waals surface area contributed by atoms with Crippen molar-refractivity contribution in [3.05, 3.63) is 59.7 Å². The first kappa shape index (κ1) is 16.4. The molecule has 3 nitrogen and oxygen atoms in total. The Morgan fingerprint density at radius 3 is 2.23 bits per heavy atom. The van der Waals surface area contributed by atoms with E-state index in [1.54, 1.807) is 0 Å². The summed E-state index contributed by atoms with van der Waals surface area (Å²) in [6, 6.07) is 16.5. The fraction of sp³-hybridized carbons (Fsp3) is 0.368. The number of hydrogen-bond donors (Lipinski definition) is 1. The van der Waals surface area contributed by atoms with Gasteiger partial charge in [0.1, 0.15) is 11.5 Å². The van der Waals surface area contributed by atoms with Gasteiger partial charge in [-0.25, -0.2) is 0 Å². The summed E-state index contributed by atoms with van der Waals surface area (Å²) in [6.45, 7) is 5.96. The minimum Gasteiger partial charge on any atom is -0.494 e. The molecular formula is C19H25NO2. The molecule has 0 spiro atoms. The van der Waals surface area contributed by atoms with Crippen molar-refractivity contribution in [2.45, 2.75) is 26.2 Å². The summed E-state index contributed by atoms with van der Waals surface area (Å²) in [4.78, 5) is 0. The lowest BCUT2D eigenvalue weighted by Crippen LogP contribution is -2.15. The highest BCUT2D eigenvalue weighted by Crippen LogP contribution is 2.24. The topological polar surface area (TPSA) is 44.5 Å². The molecule has 0 radical (unpaired) electrons. The molecule has 0 heterocycles. The lowest BCUT2D eigenvalue weighted by molar-refractivity contribution is 0.339. The van der Waals surface area contributed by atoms with Crippen LogP contribution < -0.4 is 15.2 Å². The van der Waals surface area contributed by atoms with Crippen LogP contribution in [0.2, 0.25) is 0 Å². The number of ether oxygens (including phenoxy) is 2. The minimum atomic E-state index is 0.290. The lowest BCUT2D eigenvalue weighted by atomic mass is 9.92. The Hall–Kier alpha value is -2.00. The molecule has 0 amide bonds. The van der Waals surface area contributed by atoms with Crippen LogP contribution >= 0.6 is 0 Å². The van der Waals surface area contributed by atoms with Gasteiger partial charge in [0, 0.05) is 5.92 Å². The Labute approximate surface area is 133 Å². The van der Waals surface area contributed by atoms with Gasteiger partial charge in [-0.2, -0.15) is 0 Å². The second kappa shape index (κ2) is 8.44. The zero-order chi connectivity index (χ0) is 15.8. The molecule has 2 N–H and O–H groups in total. The predicted molar refractivity (Wildman–Crippen MR) is 90.7 cm³/mol. The summed E-state index contributed by atoms with van der Waals surface area (Å²) in [5.74, 6) is 2.11. The average molecular weight is 299 g/mol. The lowest BCUT2D eigenvalue weighted by Gasteiger charge is -2.17. The van der Waals surface area contributed by atoms with E-state index in [0.717, 1.165) is 17.9 Å². The third-order valence-electron chi connectivity index (χ3n) is 3.64. The highest BCUT2D eigenvalue weighted by molar-refractivity contribution is 5.33. The molecule has 0 aromatic heterocycles. The van der Waals surface area contributed by atoms with Crippen molar-refractivity contribution in [2.75, 3.05) is 19.8 Å². The Morgan fingerprint density at radius 2 is 1.59 bits per heavy atom. The Kier molecular flexibility index (Phi) is 6.28. The van der Waals surface area contributed by atoms with Crippen molar-refractivity contribution >= 4 is 0 Å². The molecule has 1 atom stereocenters. The van der Waals surface area contributed by atoms with Gasteiger partial charge in [0.2, 0.25) is 0 Å². The Morgan fingerprint density at radius 1 is 0.909 bits per heavy atom. The van der Waals surface area contributed by atoms with E-state index in [4.69, 9.17) is 15.2 Å². The molecule has 2 aromatic rings. The van der Waals surface area contributed by atoms with E-state index in [-0.39, 0.29) is 0 Å². The summed E-state index contributed by atoms with van der Waals surface area (Å²) < 4.78 is 11.1. The van der Waals surface area contributed by atoms with Crippen molar-refractivity contribution in [1.29, 1.82) is 0 Å². The van der Waals surface area contributed by atoms with Gasteiger partial charge in [-0.15, -0.1) is 0 Å². The average Bonchev–Trinajstić information content (AvgIpc) is 2.55. The van der Waals surface area contributed by atoms with Crippen LogP contribution in [0.3, 0.4) is 0 Å². The van der Waals surface area contributed by atoms with E-state index in [9.17, 15) is 0 Å². The molecule has 0 saturated carbocycles. The van der Waals surface area contributed by atoms with E-state index in [1.807, 2.05) is 38.1 Å². The molecule has 0 fully saturated rings. The third kappa shape index (κ3) is 4.50. The van der Waals surface area contributed by atoms with Crippen LogP contribution in [0.25, 0.3) is 0 Å². The van der Waals surface area contributed by atoms with Crippen LogP contribution in [0.15, 0.2) is 48.5 Å². The van der Waals surface area contributed by atoms with Crippen molar-refractivity contribution in [1.82, 2.24) is 0 Å². The van der Waals surface area contributed by atoms with Crippen LogP contribution in [0.1, 0.15) is 30.9 Å². The summed E-state index contributed by atoms with van der Waals surface area (Å²) in [6.07, 6.45) is 0.915. The monoisotopic (exact) mass is 299 g/mol. The second-order valence-corrected chi connectivity index (χ2v) is 5.22. The van der Waals surface area contributed by atoms with E-state index in [1.165, 1.54) is 11.1 Å². The van der Waals surface area contributed by atoms with Gasteiger partial charge in [-0.05, 0) is 62.2 Å². The maximum Gasteiger partial charge on any atom is 0.119 e. The summed E-state index contributed by atoms with van der Waals surface area (Å²) in [7, 11) is 0. The van der Waals surface area contributed by atoms with Gasteiger partial charge in [0.05, 0.1) is 13.2 Å². The molecule has 22 heavy (non-hydrogen) atoms. The molecule has 0 aliphatic carbocycles. The Bertz CT molecular complexity index is 566. The van der Waals surface area contributed by atoms with Crippen LogP contribution in [0.4, 0.5) is 0 Å². The summed E-state index contributed by atoms with van der Waals surface area (Å²) in [5, 5.41) is 0. The first-order valence-electron chi connectivity index (χ1n) is 7.91. The number of rotatable bonds is 8. The SMILES string of the molecule is CCOc1ccc(CC(CN)c2cccc(OCC)c2)cc1. The molecule has 3 heteroatoms. The van der Waals surface area contributed by atoms with Gasteiger partial charge >= 0.3 is 0 Å². The van der Waals surface area contributed by atoms with Gasteiger partial charge in [-0.1, -0.05) is 24.3 Å². The smallest absolute Gasteiger partial charge is 0.119 e. The van der Waals surface area contributed by atoms with E-state index in [2.05, 4.69) is 24.3 Å². The first-order chi connectivity index (χ1) is 10.8. The maximum absolute atomic E-state index is 5.99. The quantitative estimate of drug-likeness (QED) is 0.807. The zero-order valence-corrected chi connectivity index (χ0v) is 13.4. The van der Waals surface area contributed by atoms with Crippen molar-refractivity contribution in [2.24, 2.45) is 5.73 Å². The third-order valence-corrected chi connectivity index (χ3v) is 3.64. The molecule has 0 saturated heterocycles. The van der Waals surface area contributed by atoms with Crippen LogP contribution in [-0.2, 0) is 6.42 Å². The minimum absolute atomic E-state index is 0.290. The predicted octanol–water partition coefficient (Wildman–Crippen LogP) is 3.77. The standard InChI is InChI=1S/C19H25NO2/c1-3-21-18-10-8-15(9-11-18)12-17(14-20)16-6-5-7-19(13-16)22-4-2/h5-11,13,17H,3-4,12,14,20H2,1-2H3.